The SMILES string of the molecule is CCCNC(=O)CN(c1ccccc1)S(=O)(=O)c1ccc(C)cc1. The molecule has 2 aromatic carbocycles. The zero-order valence-corrected chi connectivity index (χ0v) is 14.7. The van der Waals surface area contributed by atoms with Gasteiger partial charge in [0.05, 0.1) is 10.6 Å². The van der Waals surface area contributed by atoms with Crippen LogP contribution >= 0.6 is 0 Å². The average Bonchev–Trinajstić information content (AvgIpc) is 2.59. The smallest absolute Gasteiger partial charge is 0.264 e. The summed E-state index contributed by atoms with van der Waals surface area (Å²) in [7, 11) is -3.82. The third kappa shape index (κ3) is 4.35. The summed E-state index contributed by atoms with van der Waals surface area (Å²) < 4.78 is 27.1. The minimum atomic E-state index is -3.82. The number of amides is 1. The molecule has 0 bridgehead atoms. The van der Waals surface area contributed by atoms with Crippen molar-refractivity contribution in [3.8, 4) is 0 Å². The Hall–Kier alpha value is -2.34. The van der Waals surface area contributed by atoms with Gasteiger partial charge < -0.3 is 5.32 Å². The van der Waals surface area contributed by atoms with Gasteiger partial charge in [0.1, 0.15) is 6.54 Å². The Morgan fingerprint density at radius 2 is 1.67 bits per heavy atom. The molecule has 2 aromatic rings. The maximum Gasteiger partial charge on any atom is 0.264 e. The maximum absolute atomic E-state index is 13.0. The number of anilines is 1. The van der Waals surface area contributed by atoms with Gasteiger partial charge in [-0.2, -0.15) is 0 Å². The third-order valence-corrected chi connectivity index (χ3v) is 5.30. The Balaban J connectivity index is 2.38. The first-order valence-electron chi connectivity index (χ1n) is 7.86. The Labute approximate surface area is 143 Å². The highest BCUT2D eigenvalue weighted by atomic mass is 32.2. The van der Waals surface area contributed by atoms with Crippen LogP contribution in [0.25, 0.3) is 0 Å². The lowest BCUT2D eigenvalue weighted by atomic mass is 10.2. The van der Waals surface area contributed by atoms with Crippen LogP contribution in [-0.2, 0) is 14.8 Å². The van der Waals surface area contributed by atoms with Crippen molar-refractivity contribution >= 4 is 21.6 Å². The van der Waals surface area contributed by atoms with Crippen molar-refractivity contribution < 1.29 is 13.2 Å². The number of sulfonamides is 1. The fraction of sp³-hybridized carbons (Fsp3) is 0.278. The Kier molecular flexibility index (Phi) is 5.98. The molecule has 0 saturated carbocycles. The summed E-state index contributed by atoms with van der Waals surface area (Å²) in [5, 5.41) is 2.72. The number of benzene rings is 2. The normalized spacial score (nSPS) is 11.1. The first kappa shape index (κ1) is 18.0. The van der Waals surface area contributed by atoms with Gasteiger partial charge in [-0.05, 0) is 37.6 Å². The fourth-order valence-corrected chi connectivity index (χ4v) is 3.62. The van der Waals surface area contributed by atoms with Crippen LogP contribution in [0.4, 0.5) is 5.69 Å². The minimum absolute atomic E-state index is 0.167. The molecule has 128 valence electrons. The number of rotatable bonds is 7. The quantitative estimate of drug-likeness (QED) is 0.838. The van der Waals surface area contributed by atoms with Crippen molar-refractivity contribution in [2.24, 2.45) is 0 Å². The fourth-order valence-electron chi connectivity index (χ4n) is 2.20. The first-order chi connectivity index (χ1) is 11.4. The second-order valence-corrected chi connectivity index (χ2v) is 7.37. The summed E-state index contributed by atoms with van der Waals surface area (Å²) in [5.41, 5.74) is 1.44. The molecule has 1 N–H and O–H groups in total. The highest BCUT2D eigenvalue weighted by Gasteiger charge is 2.26. The Morgan fingerprint density at radius 1 is 1.04 bits per heavy atom. The van der Waals surface area contributed by atoms with Crippen LogP contribution in [0.1, 0.15) is 18.9 Å². The van der Waals surface area contributed by atoms with Gasteiger partial charge in [-0.25, -0.2) is 8.42 Å². The van der Waals surface area contributed by atoms with Crippen LogP contribution < -0.4 is 9.62 Å². The van der Waals surface area contributed by atoms with Crippen LogP contribution in [-0.4, -0.2) is 27.4 Å². The van der Waals surface area contributed by atoms with Gasteiger partial charge in [0.2, 0.25) is 5.91 Å². The number of aryl methyl sites for hydroxylation is 1. The zero-order chi connectivity index (χ0) is 17.6. The monoisotopic (exact) mass is 346 g/mol. The summed E-state index contributed by atoms with van der Waals surface area (Å²) in [4.78, 5) is 12.3. The van der Waals surface area contributed by atoms with E-state index in [-0.39, 0.29) is 17.3 Å². The zero-order valence-electron chi connectivity index (χ0n) is 13.9. The van der Waals surface area contributed by atoms with E-state index in [2.05, 4.69) is 5.32 Å². The van der Waals surface area contributed by atoms with E-state index in [1.54, 1.807) is 54.6 Å². The van der Waals surface area contributed by atoms with E-state index in [4.69, 9.17) is 0 Å². The van der Waals surface area contributed by atoms with E-state index < -0.39 is 10.0 Å². The molecule has 0 aliphatic heterocycles. The summed E-state index contributed by atoms with van der Waals surface area (Å²) in [6.45, 7) is 4.11. The summed E-state index contributed by atoms with van der Waals surface area (Å²) in [5.74, 6) is -0.323. The molecule has 0 spiro atoms. The van der Waals surface area contributed by atoms with Crippen molar-refractivity contribution in [3.63, 3.8) is 0 Å². The lowest BCUT2D eigenvalue weighted by molar-refractivity contribution is -0.119. The summed E-state index contributed by atoms with van der Waals surface area (Å²) in [6, 6.07) is 15.3. The molecule has 0 atom stereocenters. The van der Waals surface area contributed by atoms with Gasteiger partial charge in [-0.15, -0.1) is 0 Å². The van der Waals surface area contributed by atoms with Gasteiger partial charge in [0.25, 0.3) is 10.0 Å². The van der Waals surface area contributed by atoms with E-state index in [0.717, 1.165) is 16.3 Å². The first-order valence-corrected chi connectivity index (χ1v) is 9.30. The predicted octanol–water partition coefficient (Wildman–Crippen LogP) is 2.72. The number of hydrogen-bond donors (Lipinski definition) is 1. The van der Waals surface area contributed by atoms with Crippen LogP contribution in [0.15, 0.2) is 59.5 Å². The standard InChI is InChI=1S/C18H22N2O3S/c1-3-13-19-18(21)14-20(16-7-5-4-6-8-16)24(22,23)17-11-9-15(2)10-12-17/h4-12H,3,13-14H2,1-2H3,(H,19,21). The molecule has 0 aliphatic carbocycles. The van der Waals surface area contributed by atoms with Crippen molar-refractivity contribution in [1.29, 1.82) is 0 Å². The molecule has 0 heterocycles. The molecule has 1 amide bonds. The lowest BCUT2D eigenvalue weighted by Gasteiger charge is -2.24. The molecular formula is C18H22N2O3S. The van der Waals surface area contributed by atoms with Crippen molar-refractivity contribution in [2.45, 2.75) is 25.2 Å². The second kappa shape index (κ2) is 7.97. The van der Waals surface area contributed by atoms with E-state index in [1.807, 2.05) is 13.8 Å². The van der Waals surface area contributed by atoms with Gasteiger partial charge in [0, 0.05) is 6.54 Å². The topological polar surface area (TPSA) is 66.5 Å². The molecule has 0 saturated heterocycles. The number of carbonyl (C=O) groups is 1. The van der Waals surface area contributed by atoms with Gasteiger partial charge >= 0.3 is 0 Å². The molecule has 0 fully saturated rings. The number of hydrogen-bond acceptors (Lipinski definition) is 3. The Morgan fingerprint density at radius 3 is 2.25 bits per heavy atom. The molecule has 24 heavy (non-hydrogen) atoms. The molecule has 5 nitrogen and oxygen atoms in total. The van der Waals surface area contributed by atoms with Crippen molar-refractivity contribution in [3.05, 3.63) is 60.2 Å². The van der Waals surface area contributed by atoms with Gasteiger partial charge in [-0.3, -0.25) is 9.10 Å². The minimum Gasteiger partial charge on any atom is -0.355 e. The largest absolute Gasteiger partial charge is 0.355 e. The van der Waals surface area contributed by atoms with E-state index in [9.17, 15) is 13.2 Å². The molecule has 0 aromatic heterocycles. The predicted molar refractivity (Wildman–Crippen MR) is 95.5 cm³/mol. The lowest BCUT2D eigenvalue weighted by Crippen LogP contribution is -2.41. The molecule has 0 aliphatic rings. The van der Waals surface area contributed by atoms with Crippen molar-refractivity contribution in [1.82, 2.24) is 5.32 Å². The van der Waals surface area contributed by atoms with Crippen LogP contribution in [0, 0.1) is 6.92 Å². The van der Waals surface area contributed by atoms with Gasteiger partial charge in [-0.1, -0.05) is 42.8 Å². The number of carbonyl (C=O) groups excluding carboxylic acids is 1. The number of nitrogens with one attached hydrogen (secondary N) is 1. The maximum atomic E-state index is 13.0. The van der Waals surface area contributed by atoms with Crippen LogP contribution in [0.2, 0.25) is 0 Å². The van der Waals surface area contributed by atoms with E-state index in [1.165, 1.54) is 0 Å². The van der Waals surface area contributed by atoms with Crippen LogP contribution in [0.3, 0.4) is 0 Å². The Bertz CT molecular complexity index is 772. The molecule has 6 heteroatoms. The van der Waals surface area contributed by atoms with Gasteiger partial charge in [0.15, 0.2) is 0 Å². The second-order valence-electron chi connectivity index (χ2n) is 5.51. The molecular weight excluding hydrogens is 324 g/mol. The molecule has 0 radical (unpaired) electrons. The average molecular weight is 346 g/mol. The highest BCUT2D eigenvalue weighted by Crippen LogP contribution is 2.23. The number of para-hydroxylation sites is 1. The summed E-state index contributed by atoms with van der Waals surface area (Å²) in [6.07, 6.45) is 0.793. The third-order valence-electron chi connectivity index (χ3n) is 3.51. The van der Waals surface area contributed by atoms with Crippen LogP contribution in [0.5, 0.6) is 0 Å². The van der Waals surface area contributed by atoms with E-state index >= 15 is 0 Å². The molecule has 2 rings (SSSR count). The highest BCUT2D eigenvalue weighted by molar-refractivity contribution is 7.92. The number of nitrogens with zero attached hydrogens (tertiary/aromatic N) is 1. The van der Waals surface area contributed by atoms with Crippen molar-refractivity contribution in [2.75, 3.05) is 17.4 Å². The summed E-state index contributed by atoms with van der Waals surface area (Å²) >= 11 is 0. The van der Waals surface area contributed by atoms with E-state index in [0.29, 0.717) is 12.2 Å². The molecule has 0 unspecified atom stereocenters.